The van der Waals surface area contributed by atoms with E-state index >= 15 is 8.78 Å². The highest BCUT2D eigenvalue weighted by Crippen LogP contribution is 2.32. The second kappa shape index (κ2) is 9.84. The first kappa shape index (κ1) is 25.5. The molecule has 2 N–H and O–H groups in total. The zero-order valence-electron chi connectivity index (χ0n) is 19.9. The van der Waals surface area contributed by atoms with E-state index in [1.54, 1.807) is 13.8 Å². The Morgan fingerprint density at radius 2 is 1.89 bits per heavy atom. The van der Waals surface area contributed by atoms with Crippen molar-refractivity contribution < 1.29 is 28.4 Å². The van der Waals surface area contributed by atoms with E-state index in [2.05, 4.69) is 5.32 Å². The standard InChI is InChI=1S/C24H23F2N5O6/c1-3-28-12-17(23(33)34)22(32)16-10-18(25)21(19(26)20(16)28)29-8-9-30(13(2)11-29)24(35)27-14-4-6-15(7-5-14)31(36)37/h4-7,10,12-13H,3,8-9,11H2,1-2H3,(H,27,35)(H,33,34). The first-order valence-corrected chi connectivity index (χ1v) is 11.4. The summed E-state index contributed by atoms with van der Waals surface area (Å²) in [6, 6.07) is 5.24. The molecule has 3 aromatic rings. The molecule has 0 spiro atoms. The Morgan fingerprint density at radius 1 is 1.22 bits per heavy atom. The van der Waals surface area contributed by atoms with Gasteiger partial charge in [0.05, 0.1) is 15.8 Å². The number of nitro benzene ring substituents is 1. The van der Waals surface area contributed by atoms with Crippen molar-refractivity contribution in [3.8, 4) is 0 Å². The van der Waals surface area contributed by atoms with Crippen LogP contribution in [0.3, 0.4) is 0 Å². The fourth-order valence-corrected chi connectivity index (χ4v) is 4.49. The summed E-state index contributed by atoms with van der Waals surface area (Å²) in [6.07, 6.45) is 1.04. The number of hydrogen-bond acceptors (Lipinski definition) is 6. The first-order valence-electron chi connectivity index (χ1n) is 11.4. The van der Waals surface area contributed by atoms with Gasteiger partial charge in [0, 0.05) is 56.2 Å². The molecule has 0 bridgehead atoms. The second-order valence-electron chi connectivity index (χ2n) is 8.60. The third-order valence-electron chi connectivity index (χ3n) is 6.33. The number of carbonyl (C=O) groups is 2. The maximum Gasteiger partial charge on any atom is 0.341 e. The molecule has 4 rings (SSSR count). The number of carboxylic acids is 1. The van der Waals surface area contributed by atoms with Crippen molar-refractivity contribution in [2.24, 2.45) is 0 Å². The number of aromatic nitrogens is 1. The van der Waals surface area contributed by atoms with Gasteiger partial charge in [-0.05, 0) is 32.0 Å². The van der Waals surface area contributed by atoms with E-state index in [0.717, 1.165) is 12.3 Å². The van der Waals surface area contributed by atoms with Gasteiger partial charge < -0.3 is 24.8 Å². The van der Waals surface area contributed by atoms with Crippen molar-refractivity contribution in [2.75, 3.05) is 29.9 Å². The van der Waals surface area contributed by atoms with E-state index in [-0.39, 0.29) is 48.5 Å². The normalized spacial score (nSPS) is 15.6. The maximum atomic E-state index is 15.7. The Kier molecular flexibility index (Phi) is 6.79. The van der Waals surface area contributed by atoms with Gasteiger partial charge in [-0.1, -0.05) is 0 Å². The van der Waals surface area contributed by atoms with Crippen LogP contribution >= 0.6 is 0 Å². The van der Waals surface area contributed by atoms with Gasteiger partial charge in [-0.15, -0.1) is 0 Å². The smallest absolute Gasteiger partial charge is 0.341 e. The lowest BCUT2D eigenvalue weighted by Crippen LogP contribution is -2.55. The lowest BCUT2D eigenvalue weighted by atomic mass is 10.1. The van der Waals surface area contributed by atoms with Crippen molar-refractivity contribution in [2.45, 2.75) is 26.4 Å². The van der Waals surface area contributed by atoms with Gasteiger partial charge >= 0.3 is 12.0 Å². The summed E-state index contributed by atoms with van der Waals surface area (Å²) in [7, 11) is 0. The van der Waals surface area contributed by atoms with E-state index in [0.29, 0.717) is 5.69 Å². The zero-order chi connectivity index (χ0) is 27.0. The lowest BCUT2D eigenvalue weighted by molar-refractivity contribution is -0.384. The van der Waals surface area contributed by atoms with E-state index < -0.39 is 45.6 Å². The third kappa shape index (κ3) is 4.67. The molecule has 0 saturated carbocycles. The topological polar surface area (TPSA) is 138 Å². The Hall–Kier alpha value is -4.55. The highest BCUT2D eigenvalue weighted by atomic mass is 19.1. The number of piperazine rings is 1. The molecule has 1 aromatic heterocycles. The van der Waals surface area contributed by atoms with E-state index in [4.69, 9.17) is 0 Å². The minimum absolute atomic E-state index is 0.0800. The number of benzene rings is 2. The van der Waals surface area contributed by atoms with Crippen LogP contribution in [0.1, 0.15) is 24.2 Å². The number of non-ortho nitro benzene ring substituents is 1. The quantitative estimate of drug-likeness (QED) is 0.391. The molecule has 2 amide bonds. The number of fused-ring (bicyclic) bond motifs is 1. The molecule has 194 valence electrons. The number of nitro groups is 1. The Balaban J connectivity index is 1.59. The van der Waals surface area contributed by atoms with Crippen LogP contribution in [-0.4, -0.2) is 57.2 Å². The number of carbonyl (C=O) groups excluding carboxylic acids is 1. The fourth-order valence-electron chi connectivity index (χ4n) is 4.49. The highest BCUT2D eigenvalue weighted by molar-refractivity contribution is 5.94. The molecular formula is C24H23F2N5O6. The summed E-state index contributed by atoms with van der Waals surface area (Å²) in [4.78, 5) is 50.0. The third-order valence-corrected chi connectivity index (χ3v) is 6.33. The van der Waals surface area contributed by atoms with Gasteiger partial charge in [-0.2, -0.15) is 0 Å². The molecule has 1 aliphatic rings. The molecule has 2 aromatic carbocycles. The van der Waals surface area contributed by atoms with E-state index in [9.17, 15) is 29.6 Å². The van der Waals surface area contributed by atoms with E-state index in [1.807, 2.05) is 0 Å². The summed E-state index contributed by atoms with van der Waals surface area (Å²) >= 11 is 0. The lowest BCUT2D eigenvalue weighted by Gasteiger charge is -2.41. The number of urea groups is 1. The van der Waals surface area contributed by atoms with Crippen LogP contribution in [-0.2, 0) is 6.54 Å². The SMILES string of the molecule is CCn1cc(C(=O)O)c(=O)c2cc(F)c(N3CCN(C(=O)Nc4ccc([N+](=O)[O-])cc4)C(C)C3)c(F)c21. The van der Waals surface area contributed by atoms with Gasteiger partial charge in [0.25, 0.3) is 5.69 Å². The molecule has 0 aliphatic carbocycles. The number of amides is 2. The van der Waals surface area contributed by atoms with E-state index in [1.165, 1.54) is 38.6 Å². The number of aryl methyl sites for hydroxylation is 1. The van der Waals surface area contributed by atoms with Crippen LogP contribution in [0.4, 0.5) is 30.6 Å². The summed E-state index contributed by atoms with van der Waals surface area (Å²) in [6.45, 7) is 3.78. The monoisotopic (exact) mass is 515 g/mol. The molecule has 11 nitrogen and oxygen atoms in total. The number of nitrogens with one attached hydrogen (secondary N) is 1. The molecule has 2 heterocycles. The molecule has 1 fully saturated rings. The van der Waals surface area contributed by atoms with Crippen molar-refractivity contribution in [1.29, 1.82) is 0 Å². The predicted molar refractivity (Wildman–Crippen MR) is 131 cm³/mol. The first-order chi connectivity index (χ1) is 17.5. The minimum atomic E-state index is -1.49. The van der Waals surface area contributed by atoms with Crippen molar-refractivity contribution >= 4 is 40.0 Å². The van der Waals surface area contributed by atoms with Gasteiger partial charge in [0.1, 0.15) is 17.1 Å². The molecule has 0 radical (unpaired) electrons. The molecule has 1 unspecified atom stereocenters. The molecule has 13 heteroatoms. The maximum absolute atomic E-state index is 15.7. The number of pyridine rings is 1. The van der Waals surface area contributed by atoms with Gasteiger partial charge in [0.2, 0.25) is 5.43 Å². The van der Waals surface area contributed by atoms with Crippen LogP contribution in [0.2, 0.25) is 0 Å². The summed E-state index contributed by atoms with van der Waals surface area (Å²) in [5.74, 6) is -3.49. The van der Waals surface area contributed by atoms with Crippen LogP contribution in [0, 0.1) is 21.7 Å². The van der Waals surface area contributed by atoms with Gasteiger partial charge in [-0.25, -0.2) is 18.4 Å². The highest BCUT2D eigenvalue weighted by Gasteiger charge is 2.32. The number of anilines is 2. The number of rotatable bonds is 5. The van der Waals surface area contributed by atoms with Crippen LogP contribution in [0.25, 0.3) is 10.9 Å². The summed E-state index contributed by atoms with van der Waals surface area (Å²) in [5, 5.41) is 22.4. The average Bonchev–Trinajstić information content (AvgIpc) is 2.84. The zero-order valence-corrected chi connectivity index (χ0v) is 19.9. The predicted octanol–water partition coefficient (Wildman–Crippen LogP) is 3.65. The number of nitrogens with zero attached hydrogens (tertiary/aromatic N) is 4. The summed E-state index contributed by atoms with van der Waals surface area (Å²) < 4.78 is 32.1. The number of halogens is 2. The Bertz CT molecular complexity index is 1470. The largest absolute Gasteiger partial charge is 0.477 e. The molecule has 1 saturated heterocycles. The number of hydrogen-bond donors (Lipinski definition) is 2. The van der Waals surface area contributed by atoms with Crippen LogP contribution in [0.5, 0.6) is 0 Å². The molecule has 37 heavy (non-hydrogen) atoms. The molecular weight excluding hydrogens is 492 g/mol. The number of carboxylic acid groups (broad SMARTS) is 1. The van der Waals surface area contributed by atoms with Crippen molar-refractivity contribution in [3.05, 3.63) is 74.1 Å². The fraction of sp³-hybridized carbons (Fsp3) is 0.292. The second-order valence-corrected chi connectivity index (χ2v) is 8.60. The summed E-state index contributed by atoms with van der Waals surface area (Å²) in [5.41, 5.74) is -1.87. The Morgan fingerprint density at radius 3 is 2.46 bits per heavy atom. The van der Waals surface area contributed by atoms with Gasteiger partial charge in [-0.3, -0.25) is 14.9 Å². The van der Waals surface area contributed by atoms with Crippen LogP contribution < -0.4 is 15.6 Å². The minimum Gasteiger partial charge on any atom is -0.477 e. The van der Waals surface area contributed by atoms with Gasteiger partial charge in [0.15, 0.2) is 5.82 Å². The molecule has 1 atom stereocenters. The van der Waals surface area contributed by atoms with Crippen molar-refractivity contribution in [3.63, 3.8) is 0 Å². The van der Waals surface area contributed by atoms with Crippen LogP contribution in [0.15, 0.2) is 41.3 Å². The average molecular weight is 515 g/mol. The van der Waals surface area contributed by atoms with Crippen molar-refractivity contribution in [1.82, 2.24) is 9.47 Å². The molecule has 1 aliphatic heterocycles. The Labute approximate surface area is 208 Å². The number of aromatic carboxylic acids is 1.